The highest BCUT2D eigenvalue weighted by Crippen LogP contribution is 2.36. The number of thioether (sulfide) groups is 1. The van der Waals surface area contributed by atoms with Crippen molar-refractivity contribution in [1.29, 1.82) is 0 Å². The molecule has 0 spiro atoms. The molecule has 146 valence electrons. The Morgan fingerprint density at radius 1 is 1.30 bits per heavy atom. The molecule has 1 saturated heterocycles. The summed E-state index contributed by atoms with van der Waals surface area (Å²) in [5, 5.41) is 0.338. The summed E-state index contributed by atoms with van der Waals surface area (Å²) in [6, 6.07) is 5.44. The number of imide groups is 1. The molecule has 2 aliphatic rings. The summed E-state index contributed by atoms with van der Waals surface area (Å²) in [4.78, 5) is 26.9. The second-order valence-corrected chi connectivity index (χ2v) is 8.72. The summed E-state index contributed by atoms with van der Waals surface area (Å²) < 4.78 is 5.77. The highest BCUT2D eigenvalue weighted by Gasteiger charge is 2.36. The number of carbonyl (C=O) groups is 2. The van der Waals surface area contributed by atoms with Gasteiger partial charge >= 0.3 is 0 Å². The summed E-state index contributed by atoms with van der Waals surface area (Å²) in [7, 11) is 0. The van der Waals surface area contributed by atoms with E-state index in [0.717, 1.165) is 36.6 Å². The average Bonchev–Trinajstić information content (AvgIpc) is 2.92. The Morgan fingerprint density at radius 2 is 2.04 bits per heavy atom. The topological polar surface area (TPSA) is 46.6 Å². The first-order valence-corrected chi connectivity index (χ1v) is 10.9. The van der Waals surface area contributed by atoms with Gasteiger partial charge in [-0.3, -0.25) is 14.5 Å². The van der Waals surface area contributed by atoms with Crippen LogP contribution in [0.1, 0.15) is 57.9 Å². The first-order chi connectivity index (χ1) is 13.0. The van der Waals surface area contributed by atoms with E-state index < -0.39 is 0 Å². The number of amides is 2. The van der Waals surface area contributed by atoms with Crippen LogP contribution in [0, 0.1) is 5.92 Å². The zero-order valence-electron chi connectivity index (χ0n) is 15.9. The van der Waals surface area contributed by atoms with Crippen LogP contribution in [-0.4, -0.2) is 28.7 Å². The molecule has 1 saturated carbocycles. The highest BCUT2D eigenvalue weighted by atomic mass is 35.5. The van der Waals surface area contributed by atoms with Crippen LogP contribution in [0.5, 0.6) is 5.75 Å². The summed E-state index contributed by atoms with van der Waals surface area (Å²) in [5.74, 6) is 0.887. The Labute approximate surface area is 170 Å². The second-order valence-electron chi connectivity index (χ2n) is 7.32. The maximum Gasteiger partial charge on any atom is 0.293 e. The summed E-state index contributed by atoms with van der Waals surface area (Å²) in [5.41, 5.74) is 0.791. The highest BCUT2D eigenvalue weighted by molar-refractivity contribution is 8.18. The van der Waals surface area contributed by atoms with Crippen molar-refractivity contribution in [1.82, 2.24) is 4.90 Å². The number of hydrogen-bond acceptors (Lipinski definition) is 4. The number of nitrogens with zero attached hydrogens (tertiary/aromatic N) is 1. The van der Waals surface area contributed by atoms with Gasteiger partial charge < -0.3 is 4.74 Å². The Bertz CT molecular complexity index is 743. The van der Waals surface area contributed by atoms with Gasteiger partial charge in [-0.25, -0.2) is 0 Å². The lowest BCUT2D eigenvalue weighted by Gasteiger charge is -2.25. The second kappa shape index (κ2) is 9.16. The number of benzene rings is 1. The van der Waals surface area contributed by atoms with Gasteiger partial charge in [0.25, 0.3) is 11.1 Å². The Kier molecular flexibility index (Phi) is 6.88. The number of hydrogen-bond donors (Lipinski definition) is 0. The lowest BCUT2D eigenvalue weighted by atomic mass is 9.89. The molecule has 2 amide bonds. The van der Waals surface area contributed by atoms with E-state index in [0.29, 0.717) is 28.1 Å². The molecule has 0 aromatic heterocycles. The number of ether oxygens (including phenoxy) is 1. The van der Waals surface area contributed by atoms with Crippen LogP contribution in [0.2, 0.25) is 5.02 Å². The van der Waals surface area contributed by atoms with Crippen molar-refractivity contribution in [2.75, 3.05) is 6.54 Å². The van der Waals surface area contributed by atoms with Crippen molar-refractivity contribution in [2.45, 2.75) is 58.5 Å². The van der Waals surface area contributed by atoms with Crippen LogP contribution in [0.3, 0.4) is 0 Å². The van der Waals surface area contributed by atoms with Gasteiger partial charge in [-0.2, -0.15) is 0 Å². The molecule has 1 heterocycles. The van der Waals surface area contributed by atoms with Gasteiger partial charge in [0.1, 0.15) is 5.75 Å². The van der Waals surface area contributed by atoms with E-state index in [-0.39, 0.29) is 17.3 Å². The predicted molar refractivity (Wildman–Crippen MR) is 111 cm³/mol. The van der Waals surface area contributed by atoms with Gasteiger partial charge in [0.05, 0.1) is 16.0 Å². The Hall–Kier alpha value is -1.46. The molecule has 4 nitrogen and oxygen atoms in total. The smallest absolute Gasteiger partial charge is 0.293 e. The van der Waals surface area contributed by atoms with Gasteiger partial charge in [0, 0.05) is 6.54 Å². The van der Waals surface area contributed by atoms with Crippen LogP contribution in [0.15, 0.2) is 23.1 Å². The first kappa shape index (κ1) is 20.3. The minimum Gasteiger partial charge on any atom is -0.489 e. The normalized spacial score (nSPS) is 21.1. The molecule has 1 aliphatic carbocycles. The SMILES string of the molecule is CC[C@H](C)Oc1ccc(/C=C2/SC(=O)N(CC3CCCCC3)C2=O)cc1Cl. The van der Waals surface area contributed by atoms with E-state index in [2.05, 4.69) is 6.92 Å². The van der Waals surface area contributed by atoms with Gasteiger partial charge in [0.15, 0.2) is 0 Å². The molecule has 0 unspecified atom stereocenters. The van der Waals surface area contributed by atoms with Crippen LogP contribution >= 0.6 is 23.4 Å². The molecule has 3 rings (SSSR count). The Balaban J connectivity index is 1.70. The molecule has 2 fully saturated rings. The van der Waals surface area contributed by atoms with E-state index in [1.54, 1.807) is 12.1 Å². The van der Waals surface area contributed by atoms with Gasteiger partial charge in [-0.15, -0.1) is 0 Å². The largest absolute Gasteiger partial charge is 0.489 e. The van der Waals surface area contributed by atoms with Crippen molar-refractivity contribution in [2.24, 2.45) is 5.92 Å². The third kappa shape index (κ3) is 5.08. The van der Waals surface area contributed by atoms with Crippen molar-refractivity contribution in [3.8, 4) is 5.75 Å². The number of rotatable bonds is 6. The summed E-state index contributed by atoms with van der Waals surface area (Å²) in [6.45, 7) is 4.59. The molecule has 0 N–H and O–H groups in total. The Morgan fingerprint density at radius 3 is 2.70 bits per heavy atom. The molecule has 0 radical (unpaired) electrons. The van der Waals surface area contributed by atoms with Crippen LogP contribution in [0.25, 0.3) is 6.08 Å². The molecule has 1 atom stereocenters. The van der Waals surface area contributed by atoms with Crippen molar-refractivity contribution >= 4 is 40.6 Å². The summed E-state index contributed by atoms with van der Waals surface area (Å²) >= 11 is 7.33. The number of halogens is 1. The average molecular weight is 408 g/mol. The molecule has 6 heteroatoms. The molecule has 0 bridgehead atoms. The number of carbonyl (C=O) groups excluding carboxylic acids is 2. The van der Waals surface area contributed by atoms with Crippen molar-refractivity contribution in [3.63, 3.8) is 0 Å². The first-order valence-electron chi connectivity index (χ1n) is 9.69. The molecule has 1 aromatic carbocycles. The van der Waals surface area contributed by atoms with Crippen LogP contribution in [0.4, 0.5) is 4.79 Å². The van der Waals surface area contributed by atoms with Crippen molar-refractivity contribution < 1.29 is 14.3 Å². The third-order valence-electron chi connectivity index (χ3n) is 5.20. The van der Waals surface area contributed by atoms with Gasteiger partial charge in [0.2, 0.25) is 0 Å². The summed E-state index contributed by atoms with van der Waals surface area (Å²) in [6.07, 6.45) is 8.58. The van der Waals surface area contributed by atoms with E-state index >= 15 is 0 Å². The maximum absolute atomic E-state index is 12.7. The van der Waals surface area contributed by atoms with Crippen LogP contribution in [-0.2, 0) is 4.79 Å². The monoisotopic (exact) mass is 407 g/mol. The lowest BCUT2D eigenvalue weighted by Crippen LogP contribution is -2.34. The van der Waals surface area contributed by atoms with Gasteiger partial charge in [-0.1, -0.05) is 43.9 Å². The van der Waals surface area contributed by atoms with Crippen LogP contribution < -0.4 is 4.74 Å². The minimum absolute atomic E-state index is 0.0876. The fraction of sp³-hybridized carbons (Fsp3) is 0.524. The maximum atomic E-state index is 12.7. The quantitative estimate of drug-likeness (QED) is 0.532. The fourth-order valence-corrected chi connectivity index (χ4v) is 4.52. The van der Waals surface area contributed by atoms with E-state index in [9.17, 15) is 9.59 Å². The standard InChI is InChI=1S/C21H26ClNO3S/c1-3-14(2)26-18-10-9-16(11-17(18)22)12-19-20(24)23(21(25)27-19)13-15-7-5-4-6-8-15/h9-12,14-15H,3-8,13H2,1-2H3/b19-12+/t14-/m0/s1. The molecule has 1 aliphatic heterocycles. The van der Waals surface area contributed by atoms with E-state index in [4.69, 9.17) is 16.3 Å². The third-order valence-corrected chi connectivity index (χ3v) is 6.40. The molecule has 1 aromatic rings. The molecule has 27 heavy (non-hydrogen) atoms. The predicted octanol–water partition coefficient (Wildman–Crippen LogP) is 6.13. The molecular weight excluding hydrogens is 382 g/mol. The van der Waals surface area contributed by atoms with Gasteiger partial charge in [-0.05, 0) is 67.6 Å². The zero-order chi connectivity index (χ0) is 19.4. The van der Waals surface area contributed by atoms with E-state index in [1.165, 1.54) is 24.2 Å². The van der Waals surface area contributed by atoms with Crippen molar-refractivity contribution in [3.05, 3.63) is 33.7 Å². The minimum atomic E-state index is -0.188. The lowest BCUT2D eigenvalue weighted by molar-refractivity contribution is -0.123. The van der Waals surface area contributed by atoms with E-state index in [1.807, 2.05) is 19.1 Å². The molecular formula is C21H26ClNO3S. The zero-order valence-corrected chi connectivity index (χ0v) is 17.4. The fourth-order valence-electron chi connectivity index (χ4n) is 3.44.